The van der Waals surface area contributed by atoms with Crippen molar-refractivity contribution in [1.29, 1.82) is 0 Å². The van der Waals surface area contributed by atoms with Gasteiger partial charge in [0.15, 0.2) is 0 Å². The molecule has 1 rings (SSSR count). The van der Waals surface area contributed by atoms with Crippen molar-refractivity contribution in [2.75, 3.05) is 13.1 Å². The van der Waals surface area contributed by atoms with Gasteiger partial charge in [0.25, 0.3) is 11.5 Å². The van der Waals surface area contributed by atoms with Crippen molar-refractivity contribution >= 4 is 11.8 Å². The first-order valence-electron chi connectivity index (χ1n) is 6.22. The molecule has 0 saturated carbocycles. The number of aromatic nitrogens is 1. The van der Waals surface area contributed by atoms with Crippen LogP contribution in [0, 0.1) is 0 Å². The highest BCUT2D eigenvalue weighted by Crippen LogP contribution is 1.99. The van der Waals surface area contributed by atoms with Crippen LogP contribution in [-0.4, -0.2) is 40.8 Å². The van der Waals surface area contributed by atoms with Crippen LogP contribution in [0.15, 0.2) is 23.1 Å². The molecule has 0 atom stereocenters. The van der Waals surface area contributed by atoms with Crippen molar-refractivity contribution in [2.45, 2.75) is 26.8 Å². The van der Waals surface area contributed by atoms with E-state index in [1.807, 2.05) is 13.8 Å². The lowest BCUT2D eigenvalue weighted by atomic mass is 10.2. The number of amides is 2. The lowest BCUT2D eigenvalue weighted by Crippen LogP contribution is -2.43. The molecule has 1 heterocycles. The largest absolute Gasteiger partial charge is 0.352 e. The number of carbonyl (C=O) groups is 2. The SMILES string of the molecule is CCN(CC(=O)NC(C)C)C(=O)c1ccc[nH]c1=O. The first kappa shape index (κ1) is 14.9. The van der Waals surface area contributed by atoms with Gasteiger partial charge in [-0.3, -0.25) is 14.4 Å². The van der Waals surface area contributed by atoms with Gasteiger partial charge in [0.1, 0.15) is 5.56 Å². The molecule has 0 bridgehead atoms. The molecule has 0 radical (unpaired) electrons. The zero-order valence-corrected chi connectivity index (χ0v) is 11.4. The summed E-state index contributed by atoms with van der Waals surface area (Å²) in [5.74, 6) is -0.680. The summed E-state index contributed by atoms with van der Waals surface area (Å²) in [6, 6.07) is 3.04. The quantitative estimate of drug-likeness (QED) is 0.806. The Morgan fingerprint density at radius 3 is 2.63 bits per heavy atom. The maximum atomic E-state index is 12.1. The molecule has 19 heavy (non-hydrogen) atoms. The van der Waals surface area contributed by atoms with Gasteiger partial charge in [-0.15, -0.1) is 0 Å². The molecule has 0 aliphatic rings. The Morgan fingerprint density at radius 1 is 1.42 bits per heavy atom. The first-order valence-corrected chi connectivity index (χ1v) is 6.22. The van der Waals surface area contributed by atoms with Crippen molar-refractivity contribution < 1.29 is 9.59 Å². The number of pyridine rings is 1. The summed E-state index contributed by atoms with van der Waals surface area (Å²) in [6.07, 6.45) is 1.46. The van der Waals surface area contributed by atoms with Crippen LogP contribution >= 0.6 is 0 Å². The van der Waals surface area contributed by atoms with Gasteiger partial charge in [-0.1, -0.05) is 0 Å². The number of likely N-dealkylation sites (N-methyl/N-ethyl adjacent to an activating group) is 1. The minimum atomic E-state index is -0.449. The highest BCUT2D eigenvalue weighted by Gasteiger charge is 2.19. The fourth-order valence-electron chi connectivity index (χ4n) is 1.63. The van der Waals surface area contributed by atoms with Gasteiger partial charge in [0.2, 0.25) is 5.91 Å². The third-order valence-corrected chi connectivity index (χ3v) is 2.50. The van der Waals surface area contributed by atoms with Gasteiger partial charge in [-0.2, -0.15) is 0 Å². The lowest BCUT2D eigenvalue weighted by molar-refractivity contribution is -0.122. The van der Waals surface area contributed by atoms with Gasteiger partial charge in [0, 0.05) is 18.8 Å². The summed E-state index contributed by atoms with van der Waals surface area (Å²) in [5.41, 5.74) is -0.406. The molecule has 1 aromatic heterocycles. The first-order chi connectivity index (χ1) is 8.95. The van der Waals surface area contributed by atoms with E-state index in [0.717, 1.165) is 0 Å². The van der Waals surface area contributed by atoms with Crippen LogP contribution in [0.25, 0.3) is 0 Å². The van der Waals surface area contributed by atoms with Crippen molar-refractivity contribution in [3.05, 3.63) is 34.2 Å². The normalized spacial score (nSPS) is 10.3. The van der Waals surface area contributed by atoms with Crippen LogP contribution in [0.5, 0.6) is 0 Å². The molecule has 104 valence electrons. The van der Waals surface area contributed by atoms with E-state index in [1.165, 1.54) is 17.2 Å². The average Bonchev–Trinajstić information content (AvgIpc) is 2.35. The number of carbonyl (C=O) groups excluding carboxylic acids is 2. The molecule has 0 fully saturated rings. The fraction of sp³-hybridized carbons (Fsp3) is 0.462. The van der Waals surface area contributed by atoms with E-state index in [-0.39, 0.29) is 24.1 Å². The predicted octanol–water partition coefficient (Wildman–Crippen LogP) is 0.362. The number of nitrogens with zero attached hydrogens (tertiary/aromatic N) is 1. The molecule has 2 amide bonds. The van der Waals surface area contributed by atoms with E-state index in [1.54, 1.807) is 13.0 Å². The summed E-state index contributed by atoms with van der Waals surface area (Å²) in [7, 11) is 0. The van der Waals surface area contributed by atoms with E-state index in [4.69, 9.17) is 0 Å². The van der Waals surface area contributed by atoms with Gasteiger partial charge in [-0.05, 0) is 32.9 Å². The molecular formula is C13H19N3O3. The number of rotatable bonds is 5. The minimum absolute atomic E-state index is 0.0152. The number of H-pyrrole nitrogens is 1. The lowest BCUT2D eigenvalue weighted by Gasteiger charge is -2.20. The van der Waals surface area contributed by atoms with Crippen molar-refractivity contribution in [3.63, 3.8) is 0 Å². The topological polar surface area (TPSA) is 82.3 Å². The smallest absolute Gasteiger partial charge is 0.260 e. The van der Waals surface area contributed by atoms with Gasteiger partial charge in [0.05, 0.1) is 6.54 Å². The Bertz CT molecular complexity index is 508. The van der Waals surface area contributed by atoms with E-state index < -0.39 is 11.5 Å². The molecule has 0 aromatic carbocycles. The van der Waals surface area contributed by atoms with Crippen molar-refractivity contribution in [1.82, 2.24) is 15.2 Å². The van der Waals surface area contributed by atoms with Crippen LogP contribution in [0.4, 0.5) is 0 Å². The number of hydrogen-bond acceptors (Lipinski definition) is 3. The maximum Gasteiger partial charge on any atom is 0.260 e. The molecule has 6 nitrogen and oxygen atoms in total. The van der Waals surface area contributed by atoms with Gasteiger partial charge in [-0.25, -0.2) is 0 Å². The third kappa shape index (κ3) is 4.24. The highest BCUT2D eigenvalue weighted by atomic mass is 16.2. The van der Waals surface area contributed by atoms with Crippen LogP contribution in [0.2, 0.25) is 0 Å². The van der Waals surface area contributed by atoms with E-state index in [9.17, 15) is 14.4 Å². The predicted molar refractivity (Wildman–Crippen MR) is 71.9 cm³/mol. The number of nitrogens with one attached hydrogen (secondary N) is 2. The van der Waals surface area contributed by atoms with E-state index >= 15 is 0 Å². The standard InChI is InChI=1S/C13H19N3O3/c1-4-16(8-11(17)15-9(2)3)13(19)10-6-5-7-14-12(10)18/h5-7,9H,4,8H2,1-3H3,(H,14,18)(H,15,17). The van der Waals surface area contributed by atoms with Gasteiger partial charge < -0.3 is 15.2 Å². The van der Waals surface area contributed by atoms with Crippen LogP contribution in [-0.2, 0) is 4.79 Å². The summed E-state index contributed by atoms with van der Waals surface area (Å²) in [5, 5.41) is 2.71. The molecule has 2 N–H and O–H groups in total. The van der Waals surface area contributed by atoms with Crippen molar-refractivity contribution in [2.24, 2.45) is 0 Å². The number of hydrogen-bond donors (Lipinski definition) is 2. The Kier molecular flexibility index (Phi) is 5.29. The van der Waals surface area contributed by atoms with Crippen LogP contribution in [0.3, 0.4) is 0 Å². The van der Waals surface area contributed by atoms with Crippen LogP contribution in [0.1, 0.15) is 31.1 Å². The second-order valence-corrected chi connectivity index (χ2v) is 4.45. The maximum absolute atomic E-state index is 12.1. The molecule has 6 heteroatoms. The highest BCUT2D eigenvalue weighted by molar-refractivity contribution is 5.96. The van der Waals surface area contributed by atoms with Crippen molar-refractivity contribution in [3.8, 4) is 0 Å². The molecule has 0 saturated heterocycles. The second-order valence-electron chi connectivity index (χ2n) is 4.45. The molecule has 0 unspecified atom stereocenters. The Hall–Kier alpha value is -2.11. The monoisotopic (exact) mass is 265 g/mol. The molecule has 0 spiro atoms. The fourth-order valence-corrected chi connectivity index (χ4v) is 1.63. The summed E-state index contributed by atoms with van der Waals surface area (Å²) in [4.78, 5) is 39.1. The zero-order chi connectivity index (χ0) is 14.4. The summed E-state index contributed by atoms with van der Waals surface area (Å²) >= 11 is 0. The Balaban J connectivity index is 2.81. The molecular weight excluding hydrogens is 246 g/mol. The average molecular weight is 265 g/mol. The molecule has 0 aliphatic carbocycles. The third-order valence-electron chi connectivity index (χ3n) is 2.50. The summed E-state index contributed by atoms with van der Waals surface area (Å²) in [6.45, 7) is 5.76. The Morgan fingerprint density at radius 2 is 2.11 bits per heavy atom. The minimum Gasteiger partial charge on any atom is -0.352 e. The molecule has 0 aliphatic heterocycles. The van der Waals surface area contributed by atoms with Crippen LogP contribution < -0.4 is 10.9 Å². The number of aromatic amines is 1. The summed E-state index contributed by atoms with van der Waals surface area (Å²) < 4.78 is 0. The zero-order valence-electron chi connectivity index (χ0n) is 11.4. The van der Waals surface area contributed by atoms with E-state index in [2.05, 4.69) is 10.3 Å². The Labute approximate surface area is 111 Å². The van der Waals surface area contributed by atoms with E-state index in [0.29, 0.717) is 6.54 Å². The molecule has 1 aromatic rings. The van der Waals surface area contributed by atoms with Gasteiger partial charge >= 0.3 is 0 Å². The second kappa shape index (κ2) is 6.72.